The first-order chi connectivity index (χ1) is 7.63. The lowest BCUT2D eigenvalue weighted by Crippen LogP contribution is -2.25. The molecule has 5 nitrogen and oxygen atoms in total. The van der Waals surface area contributed by atoms with Crippen molar-refractivity contribution in [2.75, 3.05) is 37.5 Å². The van der Waals surface area contributed by atoms with Gasteiger partial charge in [0.25, 0.3) is 0 Å². The van der Waals surface area contributed by atoms with E-state index in [4.69, 9.17) is 4.74 Å². The van der Waals surface area contributed by atoms with Crippen molar-refractivity contribution in [3.05, 3.63) is 12.4 Å². The number of likely N-dealkylation sites (N-methyl/N-ethyl adjacent to an activating group) is 1. The number of hydrogen-bond acceptors (Lipinski definition) is 5. The number of anilines is 2. The van der Waals surface area contributed by atoms with Crippen molar-refractivity contribution < 1.29 is 4.74 Å². The van der Waals surface area contributed by atoms with E-state index in [2.05, 4.69) is 15.3 Å². The molecule has 1 aromatic rings. The van der Waals surface area contributed by atoms with Crippen LogP contribution in [0.1, 0.15) is 13.8 Å². The minimum atomic E-state index is 0.267. The summed E-state index contributed by atoms with van der Waals surface area (Å²) in [5, 5.41) is 2.97. The second-order valence-electron chi connectivity index (χ2n) is 3.85. The molecule has 0 amide bonds. The number of hydrogen-bond donors (Lipinski definition) is 1. The highest BCUT2D eigenvalue weighted by molar-refractivity contribution is 5.42. The van der Waals surface area contributed by atoms with Gasteiger partial charge < -0.3 is 15.0 Å². The zero-order valence-corrected chi connectivity index (χ0v) is 10.4. The number of nitrogens with one attached hydrogen (secondary N) is 1. The van der Waals surface area contributed by atoms with Crippen LogP contribution >= 0.6 is 0 Å². The van der Waals surface area contributed by atoms with Crippen molar-refractivity contribution in [3.63, 3.8) is 0 Å². The maximum atomic E-state index is 5.49. The van der Waals surface area contributed by atoms with E-state index < -0.39 is 0 Å². The van der Waals surface area contributed by atoms with E-state index in [0.717, 1.165) is 18.2 Å². The summed E-state index contributed by atoms with van der Waals surface area (Å²) in [5.41, 5.74) is 0. The molecule has 0 fully saturated rings. The molecular weight excluding hydrogens is 204 g/mol. The zero-order valence-electron chi connectivity index (χ0n) is 10.4. The van der Waals surface area contributed by atoms with Gasteiger partial charge in [0.1, 0.15) is 11.6 Å². The van der Waals surface area contributed by atoms with Gasteiger partial charge in [0, 0.05) is 20.6 Å². The fourth-order valence-electron chi connectivity index (χ4n) is 1.20. The third kappa shape index (κ3) is 4.02. The molecule has 0 unspecified atom stereocenters. The lowest BCUT2D eigenvalue weighted by Gasteiger charge is -2.18. The molecular formula is C11H20N4O. The first kappa shape index (κ1) is 12.7. The number of rotatable bonds is 6. The molecule has 0 radical (unpaired) electrons. The molecule has 16 heavy (non-hydrogen) atoms. The molecule has 0 aromatic carbocycles. The molecule has 1 N–H and O–H groups in total. The standard InChI is InChI=1S/C11H20N4O/c1-9(2)16-6-5-15(4)11-8-13-7-10(12-3)14-11/h7-9H,5-6H2,1-4H3,(H,12,14). The molecule has 0 aliphatic carbocycles. The van der Waals surface area contributed by atoms with Crippen molar-refractivity contribution in [1.29, 1.82) is 0 Å². The van der Waals surface area contributed by atoms with Crippen LogP contribution in [-0.4, -0.2) is 43.3 Å². The summed E-state index contributed by atoms with van der Waals surface area (Å²) >= 11 is 0. The van der Waals surface area contributed by atoms with Crippen LogP contribution in [0.4, 0.5) is 11.6 Å². The van der Waals surface area contributed by atoms with E-state index in [1.807, 2.05) is 32.8 Å². The molecule has 0 atom stereocenters. The van der Waals surface area contributed by atoms with Crippen molar-refractivity contribution in [2.45, 2.75) is 20.0 Å². The fraction of sp³-hybridized carbons (Fsp3) is 0.636. The molecule has 0 spiro atoms. The summed E-state index contributed by atoms with van der Waals surface area (Å²) in [6, 6.07) is 0. The second-order valence-corrected chi connectivity index (χ2v) is 3.85. The zero-order chi connectivity index (χ0) is 12.0. The normalized spacial score (nSPS) is 10.6. The molecule has 90 valence electrons. The Hall–Kier alpha value is -1.36. The van der Waals surface area contributed by atoms with Crippen LogP contribution in [0.3, 0.4) is 0 Å². The highest BCUT2D eigenvalue weighted by Crippen LogP contribution is 2.09. The van der Waals surface area contributed by atoms with Gasteiger partial charge in [-0.2, -0.15) is 0 Å². The van der Waals surface area contributed by atoms with E-state index in [9.17, 15) is 0 Å². The first-order valence-electron chi connectivity index (χ1n) is 5.46. The Bertz CT molecular complexity index is 317. The lowest BCUT2D eigenvalue weighted by molar-refractivity contribution is 0.0845. The monoisotopic (exact) mass is 224 g/mol. The number of ether oxygens (including phenoxy) is 1. The van der Waals surface area contributed by atoms with E-state index in [1.54, 1.807) is 12.4 Å². The highest BCUT2D eigenvalue weighted by atomic mass is 16.5. The molecule has 0 bridgehead atoms. The van der Waals surface area contributed by atoms with E-state index in [0.29, 0.717) is 6.61 Å². The van der Waals surface area contributed by atoms with Gasteiger partial charge in [0.05, 0.1) is 25.1 Å². The summed E-state index contributed by atoms with van der Waals surface area (Å²) in [4.78, 5) is 10.5. The molecule has 1 rings (SSSR count). The Morgan fingerprint density at radius 1 is 1.44 bits per heavy atom. The molecule has 0 aliphatic rings. The average Bonchev–Trinajstić information content (AvgIpc) is 2.28. The Morgan fingerprint density at radius 2 is 2.19 bits per heavy atom. The van der Waals surface area contributed by atoms with E-state index >= 15 is 0 Å². The number of aromatic nitrogens is 2. The minimum Gasteiger partial charge on any atom is -0.377 e. The summed E-state index contributed by atoms with van der Waals surface area (Å²) < 4.78 is 5.49. The molecule has 1 aromatic heterocycles. The maximum Gasteiger partial charge on any atom is 0.149 e. The van der Waals surface area contributed by atoms with Gasteiger partial charge in [-0.1, -0.05) is 0 Å². The average molecular weight is 224 g/mol. The Labute approximate surface area is 96.8 Å². The Kier molecular flexibility index (Phi) is 4.98. The smallest absolute Gasteiger partial charge is 0.149 e. The van der Waals surface area contributed by atoms with Crippen molar-refractivity contribution in [2.24, 2.45) is 0 Å². The van der Waals surface area contributed by atoms with Crippen molar-refractivity contribution in [3.8, 4) is 0 Å². The van der Waals surface area contributed by atoms with Crippen LogP contribution in [0.2, 0.25) is 0 Å². The van der Waals surface area contributed by atoms with Crippen LogP contribution in [0, 0.1) is 0 Å². The van der Waals surface area contributed by atoms with Crippen LogP contribution in [-0.2, 0) is 4.74 Å². The number of nitrogens with zero attached hydrogens (tertiary/aromatic N) is 3. The van der Waals surface area contributed by atoms with Gasteiger partial charge in [0.2, 0.25) is 0 Å². The van der Waals surface area contributed by atoms with Crippen LogP contribution < -0.4 is 10.2 Å². The predicted octanol–water partition coefficient (Wildman–Crippen LogP) is 1.38. The van der Waals surface area contributed by atoms with Gasteiger partial charge in [-0.25, -0.2) is 4.98 Å². The van der Waals surface area contributed by atoms with E-state index in [1.165, 1.54) is 0 Å². The van der Waals surface area contributed by atoms with Gasteiger partial charge in [-0.05, 0) is 13.8 Å². The summed E-state index contributed by atoms with van der Waals surface area (Å²) in [7, 11) is 3.81. The van der Waals surface area contributed by atoms with Crippen molar-refractivity contribution >= 4 is 11.6 Å². The third-order valence-corrected chi connectivity index (χ3v) is 2.15. The summed E-state index contributed by atoms with van der Waals surface area (Å²) in [6.07, 6.45) is 3.71. The quantitative estimate of drug-likeness (QED) is 0.791. The van der Waals surface area contributed by atoms with Crippen LogP contribution in [0.15, 0.2) is 12.4 Å². The molecule has 1 heterocycles. The van der Waals surface area contributed by atoms with Gasteiger partial charge in [0.15, 0.2) is 0 Å². The largest absolute Gasteiger partial charge is 0.377 e. The summed E-state index contributed by atoms with van der Waals surface area (Å²) in [6.45, 7) is 5.56. The summed E-state index contributed by atoms with van der Waals surface area (Å²) in [5.74, 6) is 1.62. The highest BCUT2D eigenvalue weighted by Gasteiger charge is 2.04. The third-order valence-electron chi connectivity index (χ3n) is 2.15. The second kappa shape index (κ2) is 6.27. The fourth-order valence-corrected chi connectivity index (χ4v) is 1.20. The van der Waals surface area contributed by atoms with Gasteiger partial charge >= 0.3 is 0 Å². The topological polar surface area (TPSA) is 50.3 Å². The Morgan fingerprint density at radius 3 is 2.81 bits per heavy atom. The van der Waals surface area contributed by atoms with Gasteiger partial charge in [-0.3, -0.25) is 4.98 Å². The SMILES string of the molecule is CNc1cncc(N(C)CCOC(C)C)n1. The Balaban J connectivity index is 2.48. The van der Waals surface area contributed by atoms with Crippen molar-refractivity contribution in [1.82, 2.24) is 9.97 Å². The van der Waals surface area contributed by atoms with Crippen LogP contribution in [0.25, 0.3) is 0 Å². The lowest BCUT2D eigenvalue weighted by atomic mass is 10.4. The predicted molar refractivity (Wildman–Crippen MR) is 65.9 cm³/mol. The molecule has 0 saturated carbocycles. The minimum absolute atomic E-state index is 0.267. The van der Waals surface area contributed by atoms with Gasteiger partial charge in [-0.15, -0.1) is 0 Å². The molecule has 0 aliphatic heterocycles. The molecule has 5 heteroatoms. The van der Waals surface area contributed by atoms with Crippen LogP contribution in [0.5, 0.6) is 0 Å². The van der Waals surface area contributed by atoms with E-state index in [-0.39, 0.29) is 6.10 Å². The first-order valence-corrected chi connectivity index (χ1v) is 5.46. The molecule has 0 saturated heterocycles. The maximum absolute atomic E-state index is 5.49.